The second-order valence-electron chi connectivity index (χ2n) is 6.03. The van der Waals surface area contributed by atoms with Gasteiger partial charge in [-0.2, -0.15) is 0 Å². The average molecular weight is 340 g/mol. The maximum Gasteiger partial charge on any atom is 0.230 e. The molecule has 0 aliphatic carbocycles. The van der Waals surface area contributed by atoms with Crippen LogP contribution in [0.3, 0.4) is 0 Å². The van der Waals surface area contributed by atoms with Crippen LogP contribution >= 0.6 is 0 Å². The molecule has 2 aromatic heterocycles. The van der Waals surface area contributed by atoms with Crippen LogP contribution in [0.15, 0.2) is 47.5 Å². The summed E-state index contributed by atoms with van der Waals surface area (Å²) in [6.45, 7) is 1.94. The Kier molecular flexibility index (Phi) is 4.10. The smallest absolute Gasteiger partial charge is 0.230 e. The van der Waals surface area contributed by atoms with E-state index < -0.39 is 0 Å². The maximum absolute atomic E-state index is 14.8. The minimum atomic E-state index is -0.383. The van der Waals surface area contributed by atoms with Gasteiger partial charge in [0.1, 0.15) is 12.0 Å². The molecule has 3 aromatic rings. The van der Waals surface area contributed by atoms with Crippen molar-refractivity contribution in [2.75, 3.05) is 25.0 Å². The van der Waals surface area contributed by atoms with Crippen molar-refractivity contribution < 1.29 is 8.81 Å². The summed E-state index contributed by atoms with van der Waals surface area (Å²) in [5.41, 5.74) is 1.07. The summed E-state index contributed by atoms with van der Waals surface area (Å²) in [5.74, 6) is 0.531. The van der Waals surface area contributed by atoms with E-state index in [0.717, 1.165) is 5.56 Å². The Balaban J connectivity index is 1.46. The van der Waals surface area contributed by atoms with Crippen LogP contribution in [-0.4, -0.2) is 51.2 Å². The summed E-state index contributed by atoms with van der Waals surface area (Å²) in [4.78, 5) is 12.3. The van der Waals surface area contributed by atoms with Gasteiger partial charge in [0.15, 0.2) is 11.6 Å². The zero-order valence-corrected chi connectivity index (χ0v) is 13.7. The van der Waals surface area contributed by atoms with Crippen LogP contribution in [0.25, 0.3) is 11.3 Å². The normalized spacial score (nSPS) is 14.8. The number of hydrogen-bond donors (Lipinski definition) is 0. The summed E-state index contributed by atoms with van der Waals surface area (Å²) in [5, 5.41) is 7.55. The van der Waals surface area contributed by atoms with Crippen molar-refractivity contribution in [2.45, 2.75) is 12.6 Å². The topological polar surface area (TPSA) is 71.2 Å². The first-order valence-electron chi connectivity index (χ1n) is 7.98. The van der Waals surface area contributed by atoms with Crippen molar-refractivity contribution in [3.8, 4) is 11.3 Å². The van der Waals surface area contributed by atoms with Gasteiger partial charge in [0.2, 0.25) is 12.3 Å². The van der Waals surface area contributed by atoms with Crippen molar-refractivity contribution >= 4 is 5.82 Å². The third-order valence-electron chi connectivity index (χ3n) is 4.39. The third-order valence-corrected chi connectivity index (χ3v) is 4.39. The zero-order valence-electron chi connectivity index (χ0n) is 13.7. The third kappa shape index (κ3) is 3.08. The lowest BCUT2D eigenvalue weighted by molar-refractivity contribution is 0.180. The predicted octanol–water partition coefficient (Wildman–Crippen LogP) is 1.99. The number of likely N-dealkylation sites (N-methyl/N-ethyl adjacent to an activating group) is 1. The minimum absolute atomic E-state index is 0.279. The van der Waals surface area contributed by atoms with Gasteiger partial charge in [-0.15, -0.1) is 10.2 Å². The minimum Gasteiger partial charge on any atom is -0.427 e. The van der Waals surface area contributed by atoms with Gasteiger partial charge in [0.25, 0.3) is 0 Å². The van der Waals surface area contributed by atoms with E-state index in [2.05, 4.69) is 25.1 Å². The lowest BCUT2D eigenvalue weighted by atomic mass is 10.1. The highest BCUT2D eigenvalue weighted by atomic mass is 19.1. The molecule has 0 saturated carbocycles. The van der Waals surface area contributed by atoms with Crippen LogP contribution in [0.5, 0.6) is 0 Å². The molecule has 4 rings (SSSR count). The van der Waals surface area contributed by atoms with E-state index in [0.29, 0.717) is 37.0 Å². The van der Waals surface area contributed by atoms with Gasteiger partial charge in [0.05, 0.1) is 6.54 Å². The van der Waals surface area contributed by atoms with Gasteiger partial charge in [-0.3, -0.25) is 4.90 Å². The highest BCUT2D eigenvalue weighted by molar-refractivity contribution is 5.64. The fraction of sp³-hybridized carbons (Fsp3) is 0.294. The molecule has 0 radical (unpaired) electrons. The van der Waals surface area contributed by atoms with Gasteiger partial charge in [-0.25, -0.2) is 14.4 Å². The first-order chi connectivity index (χ1) is 12.2. The lowest BCUT2D eigenvalue weighted by Gasteiger charge is -2.44. The summed E-state index contributed by atoms with van der Waals surface area (Å²) >= 11 is 0. The van der Waals surface area contributed by atoms with E-state index in [1.165, 1.54) is 12.7 Å². The van der Waals surface area contributed by atoms with Crippen LogP contribution in [0.4, 0.5) is 10.2 Å². The van der Waals surface area contributed by atoms with E-state index in [1.807, 2.05) is 42.3 Å². The average Bonchev–Trinajstić information content (AvgIpc) is 3.09. The van der Waals surface area contributed by atoms with Crippen molar-refractivity contribution in [1.82, 2.24) is 25.1 Å². The Hall–Kier alpha value is -2.87. The highest BCUT2D eigenvalue weighted by Gasteiger charge is 2.33. The number of benzene rings is 1. The molecule has 1 saturated heterocycles. The fourth-order valence-corrected chi connectivity index (χ4v) is 2.89. The Morgan fingerprint density at radius 2 is 2.04 bits per heavy atom. The van der Waals surface area contributed by atoms with Crippen molar-refractivity contribution in [2.24, 2.45) is 0 Å². The largest absolute Gasteiger partial charge is 0.427 e. The molecule has 128 valence electrons. The Morgan fingerprint density at radius 1 is 1.24 bits per heavy atom. The van der Waals surface area contributed by atoms with Crippen LogP contribution in [0.1, 0.15) is 5.89 Å². The molecular weight excluding hydrogens is 323 g/mol. The molecule has 0 spiro atoms. The van der Waals surface area contributed by atoms with Gasteiger partial charge in [0, 0.05) is 24.7 Å². The van der Waals surface area contributed by atoms with E-state index in [4.69, 9.17) is 4.42 Å². The summed E-state index contributed by atoms with van der Waals surface area (Å²) in [6, 6.07) is 9.58. The number of anilines is 1. The monoisotopic (exact) mass is 340 g/mol. The molecule has 1 aromatic carbocycles. The molecule has 7 nitrogen and oxygen atoms in total. The van der Waals surface area contributed by atoms with E-state index in [1.54, 1.807) is 0 Å². The number of aromatic nitrogens is 4. The first kappa shape index (κ1) is 15.6. The van der Waals surface area contributed by atoms with Crippen LogP contribution in [-0.2, 0) is 6.54 Å². The first-order valence-corrected chi connectivity index (χ1v) is 7.98. The van der Waals surface area contributed by atoms with Crippen LogP contribution in [0.2, 0.25) is 0 Å². The van der Waals surface area contributed by atoms with E-state index >= 15 is 0 Å². The summed E-state index contributed by atoms with van der Waals surface area (Å²) in [7, 11) is 1.98. The predicted molar refractivity (Wildman–Crippen MR) is 89.2 cm³/mol. The maximum atomic E-state index is 14.8. The standard InChI is InChI=1S/C17H17FN6O/c1-23(9-14-22-21-11-25-14)13-7-24(8-13)17-15(18)16(19-10-20-17)12-5-3-2-4-6-12/h2-6,10-11,13H,7-9H2,1H3. The van der Waals surface area contributed by atoms with Gasteiger partial charge in [-0.1, -0.05) is 30.3 Å². The Labute approximate surface area is 144 Å². The molecule has 0 amide bonds. The van der Waals surface area contributed by atoms with Crippen molar-refractivity contribution in [3.05, 3.63) is 54.8 Å². The quantitative estimate of drug-likeness (QED) is 0.703. The fourth-order valence-electron chi connectivity index (χ4n) is 2.89. The molecule has 3 heterocycles. The highest BCUT2D eigenvalue weighted by Crippen LogP contribution is 2.29. The second kappa shape index (κ2) is 6.56. The molecule has 8 heteroatoms. The molecule has 1 aliphatic rings. The summed E-state index contributed by atoms with van der Waals surface area (Å²) < 4.78 is 20.0. The number of halogens is 1. The molecule has 0 N–H and O–H groups in total. The van der Waals surface area contributed by atoms with E-state index in [-0.39, 0.29) is 11.9 Å². The molecule has 25 heavy (non-hydrogen) atoms. The Bertz CT molecular complexity index is 836. The van der Waals surface area contributed by atoms with Crippen molar-refractivity contribution in [1.29, 1.82) is 0 Å². The molecule has 0 bridgehead atoms. The number of nitrogens with zero attached hydrogens (tertiary/aromatic N) is 6. The van der Waals surface area contributed by atoms with Crippen LogP contribution in [0, 0.1) is 5.82 Å². The van der Waals surface area contributed by atoms with Gasteiger partial charge >= 0.3 is 0 Å². The second-order valence-corrected chi connectivity index (χ2v) is 6.03. The van der Waals surface area contributed by atoms with E-state index in [9.17, 15) is 4.39 Å². The molecule has 1 aliphatic heterocycles. The number of hydrogen-bond acceptors (Lipinski definition) is 7. The van der Waals surface area contributed by atoms with Crippen molar-refractivity contribution in [3.63, 3.8) is 0 Å². The lowest BCUT2D eigenvalue weighted by Crippen LogP contribution is -2.58. The SMILES string of the molecule is CN(Cc1nnco1)C1CN(c2ncnc(-c3ccccc3)c2F)C1. The molecular formula is C17H17FN6O. The Morgan fingerprint density at radius 3 is 2.76 bits per heavy atom. The molecule has 1 fully saturated rings. The van der Waals surface area contributed by atoms with Gasteiger partial charge < -0.3 is 9.32 Å². The molecule has 0 unspecified atom stereocenters. The van der Waals surface area contributed by atoms with Gasteiger partial charge in [-0.05, 0) is 7.05 Å². The molecule has 0 atom stereocenters. The zero-order chi connectivity index (χ0) is 17.2. The van der Waals surface area contributed by atoms with Crippen LogP contribution < -0.4 is 4.90 Å². The summed E-state index contributed by atoms with van der Waals surface area (Å²) in [6.07, 6.45) is 2.73. The number of rotatable bonds is 5.